The maximum Gasteiger partial charge on any atom is 0.179 e. The fraction of sp³-hybridized carbons (Fsp3) is 0. The van der Waals surface area contributed by atoms with E-state index in [0.717, 1.165) is 44.4 Å². The maximum atomic E-state index is 6.58. The monoisotopic (exact) mass is 769 g/mol. The summed E-state index contributed by atoms with van der Waals surface area (Å²) in [5, 5.41) is 12.4. The van der Waals surface area contributed by atoms with Crippen molar-refractivity contribution in [3.63, 3.8) is 0 Å². The van der Waals surface area contributed by atoms with E-state index in [0.29, 0.717) is 0 Å². The third-order valence-electron chi connectivity index (χ3n) is 12.0. The fourth-order valence-corrected chi connectivity index (χ4v) is 14.0. The summed E-state index contributed by atoms with van der Waals surface area (Å²) in [6, 6.07) is 86.6. The zero-order valence-corrected chi connectivity index (χ0v) is 33.4. The van der Waals surface area contributed by atoms with Crippen molar-refractivity contribution in [1.29, 1.82) is 0 Å². The topological polar surface area (TPSA) is 16.4 Å². The molecule has 278 valence electrons. The van der Waals surface area contributed by atoms with Gasteiger partial charge in [-0.2, -0.15) is 0 Å². The van der Waals surface area contributed by atoms with E-state index in [-0.39, 0.29) is 0 Å². The van der Waals surface area contributed by atoms with Crippen LogP contribution in [0.1, 0.15) is 0 Å². The minimum Gasteiger partial charge on any atom is -0.455 e. The average molecular weight is 770 g/mol. The molecule has 0 atom stereocenters. The van der Waals surface area contributed by atoms with Gasteiger partial charge in [0.1, 0.15) is 11.2 Å². The second-order valence-electron chi connectivity index (χ2n) is 15.3. The Labute approximate surface area is 344 Å². The fourth-order valence-electron chi connectivity index (χ4n) is 9.19. The Morgan fingerprint density at radius 3 is 1.61 bits per heavy atom. The molecule has 0 fully saturated rings. The number of hydrogen-bond donors (Lipinski definition) is 0. The summed E-state index contributed by atoms with van der Waals surface area (Å²) in [5.41, 5.74) is 7.39. The summed E-state index contributed by atoms with van der Waals surface area (Å²) >= 11 is 0. The minimum atomic E-state index is -2.80. The molecule has 0 spiro atoms. The van der Waals surface area contributed by atoms with Crippen LogP contribution in [-0.4, -0.2) is 8.07 Å². The Morgan fingerprint density at radius 1 is 0.305 bits per heavy atom. The SMILES string of the molecule is c1ccc(-c2cccc(N(c3ccc([Si](c4ccccc4)(c4ccccc4)c4ccc5ccccc5c4)cc3)c3ccc4oc5c6ccccc6ccc5c4c3)c2)cc1. The van der Waals surface area contributed by atoms with Crippen LogP contribution in [0.2, 0.25) is 0 Å². The number of rotatable bonds is 8. The van der Waals surface area contributed by atoms with Crippen LogP contribution in [0.5, 0.6) is 0 Å². The standard InChI is InChI=1S/C56H39NOSi/c1-4-15-40(16-5-1)43-20-14-21-46(37-43)57(47-31-36-55-54(39-47)53-35-28-42-18-12-13-26-52(42)56(53)58-55)45-29-33-50(34-30-45)59(48-22-6-2-7-23-48,49-24-8-3-9-25-49)51-32-27-41-17-10-11-19-44(41)38-51/h1-39H. The summed E-state index contributed by atoms with van der Waals surface area (Å²) in [6.07, 6.45) is 0. The van der Waals surface area contributed by atoms with Crippen molar-refractivity contribution in [2.24, 2.45) is 0 Å². The summed E-state index contributed by atoms with van der Waals surface area (Å²) in [5.74, 6) is 0. The van der Waals surface area contributed by atoms with Crippen LogP contribution in [0.3, 0.4) is 0 Å². The molecule has 0 radical (unpaired) electrons. The Hall–Kier alpha value is -7.46. The number of hydrogen-bond acceptors (Lipinski definition) is 2. The molecule has 3 heteroatoms. The second kappa shape index (κ2) is 14.5. The quantitative estimate of drug-likeness (QED) is 0.113. The van der Waals surface area contributed by atoms with E-state index in [9.17, 15) is 0 Å². The zero-order chi connectivity index (χ0) is 39.2. The van der Waals surface area contributed by atoms with Crippen LogP contribution < -0.4 is 25.6 Å². The van der Waals surface area contributed by atoms with Crippen LogP contribution in [0.25, 0.3) is 54.6 Å². The minimum absolute atomic E-state index is 0.880. The Kier molecular flexibility index (Phi) is 8.53. The lowest BCUT2D eigenvalue weighted by atomic mass is 10.0. The number of anilines is 3. The van der Waals surface area contributed by atoms with E-state index >= 15 is 0 Å². The molecule has 0 amide bonds. The molecule has 11 rings (SSSR count). The first-order valence-electron chi connectivity index (χ1n) is 20.2. The van der Waals surface area contributed by atoms with Gasteiger partial charge in [0.25, 0.3) is 0 Å². The first kappa shape index (κ1) is 34.8. The van der Waals surface area contributed by atoms with Crippen molar-refractivity contribution in [2.45, 2.75) is 0 Å². The van der Waals surface area contributed by atoms with Gasteiger partial charge < -0.3 is 9.32 Å². The van der Waals surface area contributed by atoms with Gasteiger partial charge in [0.05, 0.1) is 0 Å². The van der Waals surface area contributed by atoms with Gasteiger partial charge in [0, 0.05) is 33.2 Å². The van der Waals surface area contributed by atoms with Gasteiger partial charge >= 0.3 is 0 Å². The first-order chi connectivity index (χ1) is 29.2. The predicted molar refractivity (Wildman–Crippen MR) is 252 cm³/mol. The number of fused-ring (bicyclic) bond motifs is 6. The zero-order valence-electron chi connectivity index (χ0n) is 32.4. The van der Waals surface area contributed by atoms with Crippen molar-refractivity contribution in [2.75, 3.05) is 4.90 Å². The lowest BCUT2D eigenvalue weighted by Gasteiger charge is -2.35. The average Bonchev–Trinajstić information content (AvgIpc) is 3.70. The van der Waals surface area contributed by atoms with Crippen LogP contribution in [0.15, 0.2) is 241 Å². The Balaban J connectivity index is 1.12. The highest BCUT2D eigenvalue weighted by atomic mass is 28.3. The molecule has 1 aromatic heterocycles. The lowest BCUT2D eigenvalue weighted by Crippen LogP contribution is -2.74. The third-order valence-corrected chi connectivity index (χ3v) is 16.7. The molecule has 0 unspecified atom stereocenters. The first-order valence-corrected chi connectivity index (χ1v) is 22.2. The van der Waals surface area contributed by atoms with Gasteiger partial charge in [0.15, 0.2) is 8.07 Å². The predicted octanol–water partition coefficient (Wildman–Crippen LogP) is 12.4. The molecular formula is C56H39NOSi. The van der Waals surface area contributed by atoms with Gasteiger partial charge in [-0.3, -0.25) is 0 Å². The molecule has 0 aliphatic carbocycles. The molecule has 1 heterocycles. The van der Waals surface area contributed by atoms with E-state index < -0.39 is 8.07 Å². The number of nitrogens with zero attached hydrogens (tertiary/aromatic N) is 1. The molecule has 0 aliphatic heterocycles. The van der Waals surface area contributed by atoms with Crippen LogP contribution in [-0.2, 0) is 0 Å². The number of furan rings is 1. The summed E-state index contributed by atoms with van der Waals surface area (Å²) in [4.78, 5) is 2.39. The maximum absolute atomic E-state index is 6.58. The summed E-state index contributed by atoms with van der Waals surface area (Å²) < 4.78 is 6.58. The van der Waals surface area contributed by atoms with Crippen molar-refractivity contribution in [1.82, 2.24) is 0 Å². The normalized spacial score (nSPS) is 11.7. The van der Waals surface area contributed by atoms with E-state index in [1.165, 1.54) is 48.0 Å². The molecule has 0 saturated heterocycles. The van der Waals surface area contributed by atoms with Gasteiger partial charge in [-0.25, -0.2) is 0 Å². The largest absolute Gasteiger partial charge is 0.455 e. The Morgan fingerprint density at radius 2 is 0.864 bits per heavy atom. The van der Waals surface area contributed by atoms with Gasteiger partial charge in [-0.1, -0.05) is 188 Å². The number of benzene rings is 10. The van der Waals surface area contributed by atoms with E-state index in [1.54, 1.807) is 0 Å². The molecule has 11 aromatic rings. The smallest absolute Gasteiger partial charge is 0.179 e. The van der Waals surface area contributed by atoms with Gasteiger partial charge in [-0.05, 0) is 96.6 Å². The molecule has 0 aliphatic rings. The molecular weight excluding hydrogens is 731 g/mol. The highest BCUT2D eigenvalue weighted by Gasteiger charge is 2.41. The molecule has 0 bridgehead atoms. The van der Waals surface area contributed by atoms with Crippen molar-refractivity contribution in [3.8, 4) is 11.1 Å². The highest BCUT2D eigenvalue weighted by Crippen LogP contribution is 2.41. The van der Waals surface area contributed by atoms with E-state index in [1.807, 2.05) is 0 Å². The Bertz CT molecular complexity index is 3230. The molecule has 0 saturated carbocycles. The molecule has 2 nitrogen and oxygen atoms in total. The molecule has 0 N–H and O–H groups in total. The second-order valence-corrected chi connectivity index (χ2v) is 19.1. The van der Waals surface area contributed by atoms with Crippen molar-refractivity contribution < 1.29 is 4.42 Å². The van der Waals surface area contributed by atoms with Gasteiger partial charge in [0.2, 0.25) is 0 Å². The van der Waals surface area contributed by atoms with E-state index in [2.05, 4.69) is 241 Å². The van der Waals surface area contributed by atoms with Gasteiger partial charge in [-0.15, -0.1) is 0 Å². The van der Waals surface area contributed by atoms with Crippen LogP contribution >= 0.6 is 0 Å². The van der Waals surface area contributed by atoms with Crippen molar-refractivity contribution in [3.05, 3.63) is 237 Å². The third kappa shape index (κ3) is 5.94. The van der Waals surface area contributed by atoms with E-state index in [4.69, 9.17) is 4.42 Å². The lowest BCUT2D eigenvalue weighted by molar-refractivity contribution is 0.672. The molecule has 59 heavy (non-hydrogen) atoms. The van der Waals surface area contributed by atoms with Crippen molar-refractivity contribution >= 4 is 89.4 Å². The highest BCUT2D eigenvalue weighted by molar-refractivity contribution is 7.20. The molecule has 10 aromatic carbocycles. The van der Waals surface area contributed by atoms with Crippen LogP contribution in [0.4, 0.5) is 17.1 Å². The summed E-state index contributed by atoms with van der Waals surface area (Å²) in [7, 11) is -2.80. The summed E-state index contributed by atoms with van der Waals surface area (Å²) in [6.45, 7) is 0. The van der Waals surface area contributed by atoms with Crippen LogP contribution in [0, 0.1) is 0 Å².